The first-order valence-electron chi connectivity index (χ1n) is 8.23. The first kappa shape index (κ1) is 17.5. The van der Waals surface area contributed by atoms with Gasteiger partial charge in [0.05, 0.1) is 23.8 Å². The molecule has 26 heavy (non-hydrogen) atoms. The second-order valence-electron chi connectivity index (χ2n) is 6.20. The van der Waals surface area contributed by atoms with Gasteiger partial charge in [-0.25, -0.2) is 15.0 Å². The molecule has 3 N–H and O–H groups in total. The van der Waals surface area contributed by atoms with E-state index in [1.807, 2.05) is 28.8 Å². The molecule has 3 aromatic rings. The van der Waals surface area contributed by atoms with Crippen LogP contribution in [0, 0.1) is 0 Å². The molecule has 0 amide bonds. The molecule has 1 saturated heterocycles. The molecule has 0 aliphatic carbocycles. The van der Waals surface area contributed by atoms with E-state index in [-0.39, 0.29) is 5.25 Å². The van der Waals surface area contributed by atoms with Crippen LogP contribution < -0.4 is 5.32 Å². The summed E-state index contributed by atoms with van der Waals surface area (Å²) in [5.74, 6) is 1.19. The molecule has 1 aromatic carbocycles. The number of nitrogens with one attached hydrogen (secondary N) is 1. The summed E-state index contributed by atoms with van der Waals surface area (Å²) >= 11 is 7.58. The van der Waals surface area contributed by atoms with Crippen LogP contribution in [0.2, 0.25) is 5.02 Å². The summed E-state index contributed by atoms with van der Waals surface area (Å²) in [5.41, 5.74) is 2.42. The summed E-state index contributed by atoms with van der Waals surface area (Å²) in [6, 6.07) is 7.63. The number of halogens is 1. The van der Waals surface area contributed by atoms with Crippen molar-refractivity contribution in [2.24, 2.45) is 0 Å². The molecule has 4 rings (SSSR count). The zero-order valence-corrected chi connectivity index (χ0v) is 15.4. The van der Waals surface area contributed by atoms with Crippen LogP contribution >= 0.6 is 23.4 Å². The topological polar surface area (TPSA) is 96.1 Å². The van der Waals surface area contributed by atoms with Gasteiger partial charge in [0.2, 0.25) is 0 Å². The third-order valence-corrected chi connectivity index (χ3v) is 6.01. The highest BCUT2D eigenvalue weighted by molar-refractivity contribution is 8.00. The first-order chi connectivity index (χ1) is 12.6. The van der Waals surface area contributed by atoms with E-state index in [0.29, 0.717) is 40.8 Å². The third-order valence-electron chi connectivity index (χ3n) is 4.38. The maximum atomic E-state index is 10.1. The van der Waals surface area contributed by atoms with E-state index in [4.69, 9.17) is 11.6 Å². The van der Waals surface area contributed by atoms with Crippen molar-refractivity contribution in [3.63, 3.8) is 0 Å². The van der Waals surface area contributed by atoms with Gasteiger partial charge in [-0.1, -0.05) is 23.7 Å². The molecule has 3 heterocycles. The van der Waals surface area contributed by atoms with E-state index in [2.05, 4.69) is 20.3 Å². The van der Waals surface area contributed by atoms with Crippen molar-refractivity contribution >= 4 is 40.3 Å². The highest BCUT2D eigenvalue weighted by Crippen LogP contribution is 2.29. The Kier molecular flexibility index (Phi) is 4.99. The Labute approximate surface area is 159 Å². The van der Waals surface area contributed by atoms with Crippen LogP contribution in [0.25, 0.3) is 11.2 Å². The second kappa shape index (κ2) is 7.40. The molecule has 0 bridgehead atoms. The monoisotopic (exact) mass is 391 g/mol. The van der Waals surface area contributed by atoms with Gasteiger partial charge in [0.25, 0.3) is 0 Å². The summed E-state index contributed by atoms with van der Waals surface area (Å²) in [7, 11) is 0. The van der Waals surface area contributed by atoms with Crippen LogP contribution in [0.15, 0.2) is 36.9 Å². The summed E-state index contributed by atoms with van der Waals surface area (Å²) in [5, 5.41) is 23.6. The molecule has 1 fully saturated rings. The molecule has 1 aliphatic rings. The standard InChI is InChI=1S/C17H18ClN5O2S/c18-11-3-1-2-10(4-11)5-19-16-14-17(21-8-20-16)23(9-22-14)6-13-15(25)12(24)7-26-13/h1-4,8-9,12-13,15,24-25H,5-7H2,(H,19,20,21)/t12-,13+,15-/m1/s1. The fourth-order valence-electron chi connectivity index (χ4n) is 3.00. The minimum Gasteiger partial charge on any atom is -0.390 e. The fourth-order valence-corrected chi connectivity index (χ4v) is 4.50. The predicted octanol–water partition coefficient (Wildman–Crippen LogP) is 1.93. The first-order valence-corrected chi connectivity index (χ1v) is 9.66. The molecule has 0 radical (unpaired) electrons. The third kappa shape index (κ3) is 3.50. The second-order valence-corrected chi connectivity index (χ2v) is 7.91. The number of imidazole rings is 1. The zero-order valence-electron chi connectivity index (χ0n) is 13.8. The predicted molar refractivity (Wildman–Crippen MR) is 102 cm³/mol. The fraction of sp³-hybridized carbons (Fsp3) is 0.353. The Morgan fingerprint density at radius 1 is 1.27 bits per heavy atom. The number of thioether (sulfide) groups is 1. The van der Waals surface area contributed by atoms with E-state index < -0.39 is 12.2 Å². The van der Waals surface area contributed by atoms with Crippen LogP contribution in [0.3, 0.4) is 0 Å². The SMILES string of the molecule is O[C@@H]1[C@H](O)CS[C@H]1Cn1cnc2c(NCc3cccc(Cl)c3)ncnc21. The molecule has 2 aromatic heterocycles. The molecule has 9 heteroatoms. The van der Waals surface area contributed by atoms with Crippen molar-refractivity contribution in [1.82, 2.24) is 19.5 Å². The summed E-state index contributed by atoms with van der Waals surface area (Å²) in [6.07, 6.45) is 1.78. The Hall–Kier alpha value is -1.87. The molecule has 7 nitrogen and oxygen atoms in total. The van der Waals surface area contributed by atoms with Gasteiger partial charge in [-0.2, -0.15) is 11.8 Å². The largest absolute Gasteiger partial charge is 0.390 e. The van der Waals surface area contributed by atoms with Gasteiger partial charge in [0.15, 0.2) is 11.5 Å². The Bertz CT molecular complexity index is 921. The lowest BCUT2D eigenvalue weighted by Crippen LogP contribution is -2.31. The van der Waals surface area contributed by atoms with Crippen molar-refractivity contribution in [3.8, 4) is 0 Å². The van der Waals surface area contributed by atoms with Gasteiger partial charge in [-0.3, -0.25) is 0 Å². The lowest BCUT2D eigenvalue weighted by Gasteiger charge is -2.16. The van der Waals surface area contributed by atoms with Crippen LogP contribution in [0.1, 0.15) is 5.56 Å². The number of hydrogen-bond donors (Lipinski definition) is 3. The average molecular weight is 392 g/mol. The highest BCUT2D eigenvalue weighted by Gasteiger charge is 2.34. The van der Waals surface area contributed by atoms with Crippen molar-refractivity contribution in [1.29, 1.82) is 0 Å². The van der Waals surface area contributed by atoms with Crippen LogP contribution in [-0.4, -0.2) is 52.9 Å². The maximum absolute atomic E-state index is 10.1. The van der Waals surface area contributed by atoms with Gasteiger partial charge in [0, 0.05) is 23.9 Å². The van der Waals surface area contributed by atoms with Crippen molar-refractivity contribution in [3.05, 3.63) is 47.5 Å². The molecule has 3 atom stereocenters. The lowest BCUT2D eigenvalue weighted by molar-refractivity contribution is 0.0396. The molecular weight excluding hydrogens is 374 g/mol. The summed E-state index contributed by atoms with van der Waals surface area (Å²) in [6.45, 7) is 1.10. The number of nitrogens with zero attached hydrogens (tertiary/aromatic N) is 4. The number of hydrogen-bond acceptors (Lipinski definition) is 7. The van der Waals surface area contributed by atoms with Gasteiger partial charge < -0.3 is 20.1 Å². The molecule has 0 spiro atoms. The average Bonchev–Trinajstić information content (AvgIpc) is 3.19. The van der Waals surface area contributed by atoms with Gasteiger partial charge in [0.1, 0.15) is 11.8 Å². The minimum absolute atomic E-state index is 0.0831. The number of aliphatic hydroxyl groups excluding tert-OH is 2. The summed E-state index contributed by atoms with van der Waals surface area (Å²) in [4.78, 5) is 13.1. The lowest BCUT2D eigenvalue weighted by atomic mass is 10.1. The van der Waals surface area contributed by atoms with E-state index >= 15 is 0 Å². The summed E-state index contributed by atoms with van der Waals surface area (Å²) < 4.78 is 1.89. The zero-order chi connectivity index (χ0) is 18.1. The van der Waals surface area contributed by atoms with Crippen LogP contribution in [-0.2, 0) is 13.1 Å². The minimum atomic E-state index is -0.736. The van der Waals surface area contributed by atoms with Crippen molar-refractivity contribution in [2.45, 2.75) is 30.5 Å². The van der Waals surface area contributed by atoms with Gasteiger partial charge in [-0.05, 0) is 17.7 Å². The van der Waals surface area contributed by atoms with E-state index in [1.165, 1.54) is 6.33 Å². The molecule has 0 saturated carbocycles. The van der Waals surface area contributed by atoms with Crippen LogP contribution in [0.5, 0.6) is 0 Å². The number of aromatic nitrogens is 4. The smallest absolute Gasteiger partial charge is 0.165 e. The van der Waals surface area contributed by atoms with E-state index in [1.54, 1.807) is 18.1 Å². The number of benzene rings is 1. The van der Waals surface area contributed by atoms with Gasteiger partial charge >= 0.3 is 0 Å². The van der Waals surface area contributed by atoms with Crippen molar-refractivity contribution < 1.29 is 10.2 Å². The number of fused-ring (bicyclic) bond motifs is 1. The van der Waals surface area contributed by atoms with Crippen molar-refractivity contribution in [2.75, 3.05) is 11.1 Å². The molecular formula is C17H18ClN5O2S. The Morgan fingerprint density at radius 2 is 2.15 bits per heavy atom. The molecule has 1 aliphatic heterocycles. The highest BCUT2D eigenvalue weighted by atomic mass is 35.5. The Balaban J connectivity index is 1.53. The quantitative estimate of drug-likeness (QED) is 0.611. The number of aliphatic hydroxyl groups is 2. The number of rotatable bonds is 5. The molecule has 0 unspecified atom stereocenters. The van der Waals surface area contributed by atoms with E-state index in [0.717, 1.165) is 5.56 Å². The van der Waals surface area contributed by atoms with Crippen LogP contribution in [0.4, 0.5) is 5.82 Å². The normalized spacial score (nSPS) is 22.8. The molecule has 136 valence electrons. The van der Waals surface area contributed by atoms with Gasteiger partial charge in [-0.15, -0.1) is 0 Å². The maximum Gasteiger partial charge on any atom is 0.165 e. The number of anilines is 1. The van der Waals surface area contributed by atoms with E-state index in [9.17, 15) is 10.2 Å². The Morgan fingerprint density at radius 3 is 2.92 bits per heavy atom.